The third-order valence-corrected chi connectivity index (χ3v) is 6.60. The maximum atomic E-state index is 13.2. The molecule has 8 heteroatoms. The van der Waals surface area contributed by atoms with Gasteiger partial charge in [-0.15, -0.1) is 0 Å². The summed E-state index contributed by atoms with van der Waals surface area (Å²) in [7, 11) is 1.58. The molecular weight excluding hydrogens is 432 g/mol. The van der Waals surface area contributed by atoms with Crippen LogP contribution in [0.2, 0.25) is 0 Å². The molecule has 0 spiro atoms. The molecule has 3 heterocycles. The number of para-hydroxylation sites is 1. The number of pyridine rings is 1. The molecule has 2 amide bonds. The Kier molecular flexibility index (Phi) is 8.00. The van der Waals surface area contributed by atoms with Crippen molar-refractivity contribution in [1.29, 1.82) is 0 Å². The normalized spacial score (nSPS) is 17.7. The number of anilines is 1. The van der Waals surface area contributed by atoms with Crippen molar-refractivity contribution < 1.29 is 19.1 Å². The summed E-state index contributed by atoms with van der Waals surface area (Å²) in [6.07, 6.45) is 6.64. The highest BCUT2D eigenvalue weighted by Gasteiger charge is 2.28. The zero-order valence-electron chi connectivity index (χ0n) is 20.1. The zero-order valence-corrected chi connectivity index (χ0v) is 20.1. The van der Waals surface area contributed by atoms with Gasteiger partial charge in [0, 0.05) is 43.7 Å². The van der Waals surface area contributed by atoms with Crippen molar-refractivity contribution in [3.8, 4) is 17.4 Å². The van der Waals surface area contributed by atoms with Crippen LogP contribution in [0.1, 0.15) is 51.0 Å². The first-order valence-corrected chi connectivity index (χ1v) is 12.2. The molecule has 2 aliphatic heterocycles. The number of nitrogens with zero attached hydrogens (tertiary/aromatic N) is 3. The van der Waals surface area contributed by atoms with Crippen LogP contribution in [0.25, 0.3) is 0 Å². The summed E-state index contributed by atoms with van der Waals surface area (Å²) in [5, 5.41) is 2.97. The van der Waals surface area contributed by atoms with Gasteiger partial charge in [0.25, 0.3) is 0 Å². The van der Waals surface area contributed by atoms with Gasteiger partial charge in [-0.2, -0.15) is 0 Å². The lowest BCUT2D eigenvalue weighted by molar-refractivity contribution is -0.125. The SMILES string of the molecule is COc1cccc2c1Oc1ncccc1N(C(=O)CCC(=O)NCCCN1CCCCC1C)C2. The molecule has 1 saturated heterocycles. The summed E-state index contributed by atoms with van der Waals surface area (Å²) in [4.78, 5) is 34.0. The number of rotatable bonds is 8. The topological polar surface area (TPSA) is 84.0 Å². The summed E-state index contributed by atoms with van der Waals surface area (Å²) < 4.78 is 11.5. The number of hydrogen-bond acceptors (Lipinski definition) is 6. The van der Waals surface area contributed by atoms with Gasteiger partial charge in [-0.1, -0.05) is 18.6 Å². The molecule has 2 aliphatic rings. The quantitative estimate of drug-likeness (QED) is 0.595. The number of likely N-dealkylation sites (tertiary alicyclic amines) is 1. The Morgan fingerprint density at radius 3 is 2.91 bits per heavy atom. The van der Waals surface area contributed by atoms with Crippen LogP contribution in [0, 0.1) is 0 Å². The predicted octanol–water partition coefficient (Wildman–Crippen LogP) is 3.89. The summed E-state index contributed by atoms with van der Waals surface area (Å²) >= 11 is 0. The fourth-order valence-corrected chi connectivity index (χ4v) is 4.65. The van der Waals surface area contributed by atoms with Crippen molar-refractivity contribution in [3.05, 3.63) is 42.1 Å². The molecule has 1 unspecified atom stereocenters. The molecule has 0 radical (unpaired) electrons. The maximum Gasteiger partial charge on any atom is 0.243 e. The molecule has 4 rings (SSSR count). The van der Waals surface area contributed by atoms with Crippen LogP contribution >= 0.6 is 0 Å². The van der Waals surface area contributed by atoms with E-state index in [0.29, 0.717) is 42.2 Å². The Bertz CT molecular complexity index is 1010. The van der Waals surface area contributed by atoms with E-state index in [9.17, 15) is 9.59 Å². The molecule has 1 N–H and O–H groups in total. The average molecular weight is 467 g/mol. The van der Waals surface area contributed by atoms with E-state index in [0.717, 1.165) is 25.1 Å². The molecule has 0 saturated carbocycles. The second-order valence-corrected chi connectivity index (χ2v) is 8.94. The van der Waals surface area contributed by atoms with Crippen molar-refractivity contribution in [3.63, 3.8) is 0 Å². The minimum Gasteiger partial charge on any atom is -0.493 e. The minimum absolute atomic E-state index is 0.0976. The molecule has 1 aromatic heterocycles. The maximum absolute atomic E-state index is 13.2. The Hall–Kier alpha value is -3.13. The highest BCUT2D eigenvalue weighted by molar-refractivity contribution is 5.96. The number of piperidine rings is 1. The van der Waals surface area contributed by atoms with E-state index in [1.165, 1.54) is 19.3 Å². The lowest BCUT2D eigenvalue weighted by Gasteiger charge is -2.33. The van der Waals surface area contributed by atoms with E-state index in [-0.39, 0.29) is 24.7 Å². The van der Waals surface area contributed by atoms with E-state index >= 15 is 0 Å². The van der Waals surface area contributed by atoms with Crippen molar-refractivity contribution in [2.45, 2.75) is 58.0 Å². The highest BCUT2D eigenvalue weighted by atomic mass is 16.5. The number of carbonyl (C=O) groups is 2. The lowest BCUT2D eigenvalue weighted by atomic mass is 10.0. The van der Waals surface area contributed by atoms with E-state index in [2.05, 4.69) is 22.1 Å². The van der Waals surface area contributed by atoms with Gasteiger partial charge >= 0.3 is 0 Å². The first-order valence-electron chi connectivity index (χ1n) is 12.2. The average Bonchev–Trinajstić information content (AvgIpc) is 3.03. The van der Waals surface area contributed by atoms with Crippen molar-refractivity contribution in [1.82, 2.24) is 15.2 Å². The van der Waals surface area contributed by atoms with E-state index in [1.54, 1.807) is 30.3 Å². The lowest BCUT2D eigenvalue weighted by Crippen LogP contribution is -2.39. The Morgan fingerprint density at radius 1 is 1.21 bits per heavy atom. The molecule has 0 bridgehead atoms. The van der Waals surface area contributed by atoms with Gasteiger partial charge in [0.2, 0.25) is 17.7 Å². The van der Waals surface area contributed by atoms with Gasteiger partial charge in [-0.3, -0.25) is 9.59 Å². The van der Waals surface area contributed by atoms with Gasteiger partial charge in [0.05, 0.1) is 13.7 Å². The Morgan fingerprint density at radius 2 is 2.09 bits per heavy atom. The molecular formula is C26H34N4O4. The van der Waals surface area contributed by atoms with Gasteiger partial charge in [-0.25, -0.2) is 4.98 Å². The number of aromatic nitrogens is 1. The van der Waals surface area contributed by atoms with E-state index in [4.69, 9.17) is 9.47 Å². The summed E-state index contributed by atoms with van der Waals surface area (Å²) in [6, 6.07) is 9.79. The van der Waals surface area contributed by atoms with Gasteiger partial charge in [-0.05, 0) is 50.9 Å². The summed E-state index contributed by atoms with van der Waals surface area (Å²) in [6.45, 7) is 5.38. The summed E-state index contributed by atoms with van der Waals surface area (Å²) in [5.74, 6) is 1.24. The van der Waals surface area contributed by atoms with Crippen molar-refractivity contribution in [2.24, 2.45) is 0 Å². The van der Waals surface area contributed by atoms with Crippen LogP contribution in [0.15, 0.2) is 36.5 Å². The van der Waals surface area contributed by atoms with Crippen LogP contribution in [-0.2, 0) is 16.1 Å². The molecule has 2 aromatic rings. The molecule has 1 atom stereocenters. The number of hydrogen-bond donors (Lipinski definition) is 1. The number of amides is 2. The number of nitrogens with one attached hydrogen (secondary N) is 1. The van der Waals surface area contributed by atoms with Crippen LogP contribution in [0.5, 0.6) is 17.4 Å². The number of ether oxygens (including phenoxy) is 2. The largest absolute Gasteiger partial charge is 0.493 e. The second-order valence-electron chi connectivity index (χ2n) is 8.94. The van der Waals surface area contributed by atoms with Crippen LogP contribution in [0.3, 0.4) is 0 Å². The molecule has 0 aliphatic carbocycles. The molecule has 1 fully saturated rings. The number of methoxy groups -OCH3 is 1. The Labute approximate surface area is 201 Å². The second kappa shape index (κ2) is 11.3. The number of carbonyl (C=O) groups excluding carboxylic acids is 2. The molecule has 1 aromatic carbocycles. The molecule has 8 nitrogen and oxygen atoms in total. The van der Waals surface area contributed by atoms with Crippen LogP contribution in [-0.4, -0.2) is 54.5 Å². The van der Waals surface area contributed by atoms with Gasteiger partial charge < -0.3 is 24.6 Å². The molecule has 34 heavy (non-hydrogen) atoms. The number of fused-ring (bicyclic) bond motifs is 2. The van der Waals surface area contributed by atoms with Gasteiger partial charge in [0.15, 0.2) is 11.5 Å². The fraction of sp³-hybridized carbons (Fsp3) is 0.500. The standard InChI is InChI=1S/C26H34N4O4/c1-19-8-3-4-16-29(19)17-7-15-27-23(31)12-13-24(32)30-18-20-9-5-11-22(33-2)25(20)34-26-21(30)10-6-14-28-26/h5-6,9-11,14,19H,3-4,7-8,12-13,15-18H2,1-2H3,(H,27,31). The van der Waals surface area contributed by atoms with Crippen molar-refractivity contribution in [2.75, 3.05) is 31.6 Å². The highest BCUT2D eigenvalue weighted by Crippen LogP contribution is 2.42. The predicted molar refractivity (Wildman–Crippen MR) is 130 cm³/mol. The van der Waals surface area contributed by atoms with E-state index < -0.39 is 0 Å². The fourth-order valence-electron chi connectivity index (χ4n) is 4.65. The minimum atomic E-state index is -0.147. The first kappa shape index (κ1) is 24.0. The smallest absolute Gasteiger partial charge is 0.243 e. The zero-order chi connectivity index (χ0) is 23.9. The number of benzene rings is 1. The molecule has 182 valence electrons. The van der Waals surface area contributed by atoms with Crippen LogP contribution in [0.4, 0.5) is 5.69 Å². The van der Waals surface area contributed by atoms with Crippen LogP contribution < -0.4 is 19.7 Å². The third-order valence-electron chi connectivity index (χ3n) is 6.60. The Balaban J connectivity index is 1.32. The van der Waals surface area contributed by atoms with Crippen molar-refractivity contribution >= 4 is 17.5 Å². The van der Waals surface area contributed by atoms with Gasteiger partial charge in [0.1, 0.15) is 5.69 Å². The first-order chi connectivity index (χ1) is 16.6. The monoisotopic (exact) mass is 466 g/mol. The third kappa shape index (κ3) is 5.67. The summed E-state index contributed by atoms with van der Waals surface area (Å²) in [5.41, 5.74) is 1.41. The van der Waals surface area contributed by atoms with E-state index in [1.807, 2.05) is 18.2 Å².